The predicted octanol–water partition coefficient (Wildman–Crippen LogP) is 1.00. The molecule has 1 fully saturated rings. The summed E-state index contributed by atoms with van der Waals surface area (Å²) in [5.74, 6) is 0.439. The number of H-pyrrole nitrogens is 1. The van der Waals surface area contributed by atoms with Crippen molar-refractivity contribution >= 4 is 16.9 Å². The van der Waals surface area contributed by atoms with E-state index in [1.54, 1.807) is 0 Å². The molecule has 2 atom stereocenters. The van der Waals surface area contributed by atoms with Crippen molar-refractivity contribution in [3.8, 4) is 0 Å². The lowest BCUT2D eigenvalue weighted by molar-refractivity contribution is 0.0800. The molecular formula is C12H16N4O2. The number of nitrogens with zero attached hydrogens (tertiary/aromatic N) is 2. The molecule has 96 valence electrons. The minimum Gasteiger partial charge on any atom is -0.396 e. The fourth-order valence-corrected chi connectivity index (χ4v) is 2.40. The number of aliphatic hydroxyl groups excluding tert-OH is 1. The highest BCUT2D eigenvalue weighted by molar-refractivity contribution is 5.87. The van der Waals surface area contributed by atoms with Gasteiger partial charge in [0, 0.05) is 17.2 Å². The van der Waals surface area contributed by atoms with Gasteiger partial charge in [0.25, 0.3) is 0 Å². The quantitative estimate of drug-likeness (QED) is 0.736. The van der Waals surface area contributed by atoms with E-state index in [-0.39, 0.29) is 18.1 Å². The zero-order valence-corrected chi connectivity index (χ0v) is 10.2. The van der Waals surface area contributed by atoms with Gasteiger partial charge in [0.2, 0.25) is 0 Å². The van der Waals surface area contributed by atoms with Crippen molar-refractivity contribution in [1.29, 1.82) is 0 Å². The molecule has 6 nitrogen and oxygen atoms in total. The molecule has 1 aliphatic heterocycles. The van der Waals surface area contributed by atoms with Crippen LogP contribution in [0.5, 0.6) is 0 Å². The third kappa shape index (κ3) is 1.65. The third-order valence-electron chi connectivity index (χ3n) is 3.56. The van der Waals surface area contributed by atoms with Gasteiger partial charge in [0.05, 0.1) is 24.8 Å². The van der Waals surface area contributed by atoms with E-state index in [1.807, 2.05) is 13.1 Å². The number of nitrogens with two attached hydrogens (primary N) is 1. The maximum Gasteiger partial charge on any atom is 0.151 e. The van der Waals surface area contributed by atoms with Crippen molar-refractivity contribution in [2.45, 2.75) is 19.4 Å². The summed E-state index contributed by atoms with van der Waals surface area (Å²) in [5.41, 5.74) is 8.14. The first-order valence-corrected chi connectivity index (χ1v) is 5.93. The van der Waals surface area contributed by atoms with E-state index in [0.717, 1.165) is 23.0 Å². The molecule has 6 heteroatoms. The van der Waals surface area contributed by atoms with Crippen molar-refractivity contribution in [3.05, 3.63) is 18.1 Å². The second kappa shape index (κ2) is 3.93. The summed E-state index contributed by atoms with van der Waals surface area (Å²) >= 11 is 0. The number of nitrogens with one attached hydrogen (secondary N) is 1. The van der Waals surface area contributed by atoms with E-state index in [0.29, 0.717) is 12.4 Å². The first kappa shape index (κ1) is 11.4. The number of anilines is 1. The second-order valence-electron chi connectivity index (χ2n) is 5.20. The van der Waals surface area contributed by atoms with Crippen LogP contribution in [0.1, 0.15) is 25.0 Å². The second-order valence-corrected chi connectivity index (χ2v) is 5.20. The van der Waals surface area contributed by atoms with Crippen LogP contribution in [0.2, 0.25) is 0 Å². The smallest absolute Gasteiger partial charge is 0.151 e. The van der Waals surface area contributed by atoms with E-state index in [2.05, 4.69) is 15.0 Å². The zero-order valence-electron chi connectivity index (χ0n) is 10.2. The van der Waals surface area contributed by atoms with Gasteiger partial charge < -0.3 is 20.6 Å². The molecule has 3 heterocycles. The molecule has 0 bridgehead atoms. The number of rotatable bonds is 2. The Labute approximate surface area is 104 Å². The monoisotopic (exact) mass is 248 g/mol. The lowest BCUT2D eigenvalue weighted by Crippen LogP contribution is -2.20. The van der Waals surface area contributed by atoms with Gasteiger partial charge in [-0.15, -0.1) is 0 Å². The van der Waals surface area contributed by atoms with E-state index >= 15 is 0 Å². The molecule has 2 aromatic heterocycles. The SMILES string of the molecule is C[C@@]1(CO)COC(c2c[nH]c3c(N)ncnc23)C1. The lowest BCUT2D eigenvalue weighted by atomic mass is 9.87. The Kier molecular flexibility index (Phi) is 2.49. The molecule has 0 aliphatic carbocycles. The molecule has 1 aliphatic rings. The highest BCUT2D eigenvalue weighted by Crippen LogP contribution is 2.42. The summed E-state index contributed by atoms with van der Waals surface area (Å²) < 4.78 is 5.77. The zero-order chi connectivity index (χ0) is 12.8. The summed E-state index contributed by atoms with van der Waals surface area (Å²) in [7, 11) is 0. The summed E-state index contributed by atoms with van der Waals surface area (Å²) in [6.07, 6.45) is 4.05. The van der Waals surface area contributed by atoms with Crippen LogP contribution >= 0.6 is 0 Å². The minimum atomic E-state index is -0.174. The number of fused-ring (bicyclic) bond motifs is 1. The van der Waals surface area contributed by atoms with Crippen LogP contribution in [0.4, 0.5) is 5.82 Å². The van der Waals surface area contributed by atoms with Gasteiger partial charge in [-0.3, -0.25) is 0 Å². The predicted molar refractivity (Wildman–Crippen MR) is 66.8 cm³/mol. The van der Waals surface area contributed by atoms with Crippen LogP contribution in [0.15, 0.2) is 12.5 Å². The molecular weight excluding hydrogens is 232 g/mol. The van der Waals surface area contributed by atoms with Crippen molar-refractivity contribution in [3.63, 3.8) is 0 Å². The van der Waals surface area contributed by atoms with Gasteiger partial charge in [-0.2, -0.15) is 0 Å². The van der Waals surface area contributed by atoms with E-state index in [4.69, 9.17) is 10.5 Å². The fraction of sp³-hybridized carbons (Fsp3) is 0.500. The first-order chi connectivity index (χ1) is 8.63. The Morgan fingerprint density at radius 2 is 2.44 bits per heavy atom. The molecule has 2 aromatic rings. The molecule has 1 unspecified atom stereocenters. The Balaban J connectivity index is 1.99. The van der Waals surface area contributed by atoms with Crippen LogP contribution < -0.4 is 5.73 Å². The average Bonchev–Trinajstić information content (AvgIpc) is 2.94. The molecule has 0 aromatic carbocycles. The van der Waals surface area contributed by atoms with Gasteiger partial charge in [-0.1, -0.05) is 6.92 Å². The van der Waals surface area contributed by atoms with Crippen LogP contribution in [-0.2, 0) is 4.74 Å². The summed E-state index contributed by atoms with van der Waals surface area (Å²) in [4.78, 5) is 11.3. The molecule has 0 radical (unpaired) electrons. The number of aromatic amines is 1. The van der Waals surface area contributed by atoms with Gasteiger partial charge in [0.1, 0.15) is 11.8 Å². The Hall–Kier alpha value is -1.66. The number of ether oxygens (including phenoxy) is 1. The standard InChI is InChI=1S/C12H16N4O2/c1-12(4-17)2-8(18-5-12)7-3-14-10-9(7)15-6-16-11(10)13/h3,6,8,14,17H,2,4-5H2,1H3,(H2,13,15,16)/t8?,12-/m1/s1. The molecule has 18 heavy (non-hydrogen) atoms. The van der Waals surface area contributed by atoms with E-state index in [1.165, 1.54) is 6.33 Å². The van der Waals surface area contributed by atoms with Gasteiger partial charge in [0.15, 0.2) is 5.82 Å². The van der Waals surface area contributed by atoms with Gasteiger partial charge in [-0.05, 0) is 6.42 Å². The van der Waals surface area contributed by atoms with Crippen LogP contribution in [0.3, 0.4) is 0 Å². The third-order valence-corrected chi connectivity index (χ3v) is 3.56. The fourth-order valence-electron chi connectivity index (χ4n) is 2.40. The van der Waals surface area contributed by atoms with Gasteiger partial charge in [-0.25, -0.2) is 9.97 Å². The van der Waals surface area contributed by atoms with Crippen LogP contribution in [0.25, 0.3) is 11.0 Å². The summed E-state index contributed by atoms with van der Waals surface area (Å²) in [5, 5.41) is 9.36. The molecule has 0 saturated carbocycles. The van der Waals surface area contributed by atoms with Crippen LogP contribution in [-0.4, -0.2) is 33.3 Å². The normalized spacial score (nSPS) is 28.0. The van der Waals surface area contributed by atoms with Crippen molar-refractivity contribution in [1.82, 2.24) is 15.0 Å². The highest BCUT2D eigenvalue weighted by atomic mass is 16.5. The number of aromatic nitrogens is 3. The molecule has 3 rings (SSSR count). The van der Waals surface area contributed by atoms with Crippen LogP contribution in [0, 0.1) is 5.41 Å². The topological polar surface area (TPSA) is 97.0 Å². The Morgan fingerprint density at radius 1 is 1.61 bits per heavy atom. The average molecular weight is 248 g/mol. The molecule has 1 saturated heterocycles. The number of nitrogen functional groups attached to an aromatic ring is 1. The van der Waals surface area contributed by atoms with E-state index < -0.39 is 0 Å². The van der Waals surface area contributed by atoms with Crippen molar-refractivity contribution < 1.29 is 9.84 Å². The number of hydrogen-bond donors (Lipinski definition) is 3. The Bertz CT molecular complexity index is 582. The van der Waals surface area contributed by atoms with Crippen molar-refractivity contribution in [2.75, 3.05) is 18.9 Å². The largest absolute Gasteiger partial charge is 0.396 e. The maximum absolute atomic E-state index is 9.36. The summed E-state index contributed by atoms with van der Waals surface area (Å²) in [6.45, 7) is 2.70. The van der Waals surface area contributed by atoms with Crippen molar-refractivity contribution in [2.24, 2.45) is 5.41 Å². The lowest BCUT2D eigenvalue weighted by Gasteiger charge is -2.17. The maximum atomic E-state index is 9.36. The number of hydrogen-bond acceptors (Lipinski definition) is 5. The van der Waals surface area contributed by atoms with Gasteiger partial charge >= 0.3 is 0 Å². The summed E-state index contributed by atoms with van der Waals surface area (Å²) in [6, 6.07) is 0. The molecule has 0 amide bonds. The highest BCUT2D eigenvalue weighted by Gasteiger charge is 2.37. The minimum absolute atomic E-state index is 0.0507. The Morgan fingerprint density at radius 3 is 3.17 bits per heavy atom. The van der Waals surface area contributed by atoms with E-state index in [9.17, 15) is 5.11 Å². The first-order valence-electron chi connectivity index (χ1n) is 5.93. The number of aliphatic hydroxyl groups is 1. The molecule has 4 N–H and O–H groups in total. The molecule has 0 spiro atoms.